The predicted octanol–water partition coefficient (Wildman–Crippen LogP) is 7.44. The lowest BCUT2D eigenvalue weighted by molar-refractivity contribution is -0.121. The number of piperidine rings is 1. The normalized spacial score (nSPS) is 15.8. The molecule has 0 aliphatic carbocycles. The van der Waals surface area contributed by atoms with Gasteiger partial charge in [-0.25, -0.2) is 0 Å². The Labute approximate surface area is 255 Å². The first-order valence-electron chi connectivity index (χ1n) is 13.9. The van der Waals surface area contributed by atoms with E-state index in [4.69, 9.17) is 27.7 Å². The number of amides is 2. The zero-order chi connectivity index (χ0) is 29.9. The van der Waals surface area contributed by atoms with Crippen LogP contribution in [0.3, 0.4) is 0 Å². The van der Waals surface area contributed by atoms with Crippen molar-refractivity contribution in [3.63, 3.8) is 0 Å². The zero-order valence-electron chi connectivity index (χ0n) is 23.8. The maximum atomic E-state index is 13.2. The van der Waals surface area contributed by atoms with Gasteiger partial charge in [0.2, 0.25) is 17.6 Å². The number of hydrogen-bond acceptors (Lipinski definition) is 6. The standard InChI is InChI=1S/C32H33Cl2N5O3/c1-32(2,3)22-11-9-20(10-12-22)30(40)35-24-7-4-8-25(17-24)36-31(41)21-6-5-15-39(18-21)19-28-37-29(38-42-28)26-14-13-23(33)16-27(26)34/h4,7-14,16-17,21H,5-6,15,18-19H2,1-3H3,(H,35,40)(H,36,41). The molecule has 218 valence electrons. The van der Waals surface area contributed by atoms with E-state index in [0.29, 0.717) is 57.4 Å². The molecule has 1 aliphatic heterocycles. The van der Waals surface area contributed by atoms with Crippen LogP contribution in [0.4, 0.5) is 11.4 Å². The third-order valence-corrected chi connectivity index (χ3v) is 7.82. The fraction of sp³-hybridized carbons (Fsp3) is 0.312. The third-order valence-electron chi connectivity index (χ3n) is 7.28. The van der Waals surface area contributed by atoms with Gasteiger partial charge in [-0.1, -0.05) is 67.3 Å². The third kappa shape index (κ3) is 7.37. The largest absolute Gasteiger partial charge is 0.338 e. The van der Waals surface area contributed by atoms with Crippen molar-refractivity contribution in [3.8, 4) is 11.4 Å². The second-order valence-corrected chi connectivity index (χ2v) is 12.4. The number of benzene rings is 3. The number of hydrogen-bond donors (Lipinski definition) is 2. The van der Waals surface area contributed by atoms with Gasteiger partial charge in [-0.2, -0.15) is 4.98 Å². The topological polar surface area (TPSA) is 100 Å². The quantitative estimate of drug-likeness (QED) is 0.227. The van der Waals surface area contributed by atoms with Gasteiger partial charge in [0.1, 0.15) is 0 Å². The van der Waals surface area contributed by atoms with Gasteiger partial charge < -0.3 is 15.2 Å². The van der Waals surface area contributed by atoms with Crippen molar-refractivity contribution >= 4 is 46.4 Å². The van der Waals surface area contributed by atoms with Gasteiger partial charge in [-0.05, 0) is 78.9 Å². The molecular weight excluding hydrogens is 573 g/mol. The molecule has 3 aromatic carbocycles. The molecule has 0 bridgehead atoms. The Morgan fingerprint density at radius 1 is 1.00 bits per heavy atom. The van der Waals surface area contributed by atoms with E-state index in [2.05, 4.69) is 46.4 Å². The van der Waals surface area contributed by atoms with Gasteiger partial charge >= 0.3 is 0 Å². The molecule has 0 saturated carbocycles. The van der Waals surface area contributed by atoms with Crippen LogP contribution in [0.15, 0.2) is 71.3 Å². The Hall–Kier alpha value is -3.72. The average molecular weight is 607 g/mol. The Morgan fingerprint density at radius 2 is 1.74 bits per heavy atom. The first-order valence-corrected chi connectivity index (χ1v) is 14.6. The van der Waals surface area contributed by atoms with Crippen molar-refractivity contribution in [1.82, 2.24) is 15.0 Å². The molecule has 2 N–H and O–H groups in total. The lowest BCUT2D eigenvalue weighted by Gasteiger charge is -2.30. The van der Waals surface area contributed by atoms with Gasteiger partial charge in [0.15, 0.2) is 0 Å². The van der Waals surface area contributed by atoms with E-state index in [0.717, 1.165) is 24.9 Å². The lowest BCUT2D eigenvalue weighted by Crippen LogP contribution is -2.40. The number of nitrogens with one attached hydrogen (secondary N) is 2. The Morgan fingerprint density at radius 3 is 2.45 bits per heavy atom. The van der Waals surface area contributed by atoms with Crippen molar-refractivity contribution in [1.29, 1.82) is 0 Å². The summed E-state index contributed by atoms with van der Waals surface area (Å²) in [6.45, 7) is 8.22. The first kappa shape index (κ1) is 29.8. The number of rotatable bonds is 7. The van der Waals surface area contributed by atoms with Gasteiger partial charge in [0, 0.05) is 34.1 Å². The number of aromatic nitrogens is 2. The number of halogens is 2. The molecule has 1 unspecified atom stereocenters. The lowest BCUT2D eigenvalue weighted by atomic mass is 9.87. The Kier molecular flexibility index (Phi) is 8.96. The Bertz CT molecular complexity index is 1580. The molecule has 1 atom stereocenters. The summed E-state index contributed by atoms with van der Waals surface area (Å²) in [5, 5.41) is 11.0. The van der Waals surface area contributed by atoms with E-state index in [1.807, 2.05) is 30.3 Å². The van der Waals surface area contributed by atoms with Crippen molar-refractivity contribution in [3.05, 3.63) is 93.8 Å². The summed E-state index contributed by atoms with van der Waals surface area (Å²) >= 11 is 12.3. The summed E-state index contributed by atoms with van der Waals surface area (Å²) in [4.78, 5) is 32.6. The molecule has 42 heavy (non-hydrogen) atoms. The Balaban J connectivity index is 1.17. The molecule has 1 fully saturated rings. The van der Waals surface area contributed by atoms with Crippen LogP contribution in [0, 0.1) is 5.92 Å². The SMILES string of the molecule is CC(C)(C)c1ccc(C(=O)Nc2cccc(NC(=O)C3CCCN(Cc4nc(-c5ccc(Cl)cc5Cl)no4)C3)c2)cc1. The minimum atomic E-state index is -0.204. The van der Waals surface area contributed by atoms with Crippen molar-refractivity contribution in [2.45, 2.75) is 45.6 Å². The minimum absolute atomic E-state index is 0.0140. The molecular formula is C32H33Cl2N5O3. The van der Waals surface area contributed by atoms with Crippen LogP contribution >= 0.6 is 23.2 Å². The van der Waals surface area contributed by atoms with Crippen LogP contribution in [0.1, 0.15) is 55.4 Å². The van der Waals surface area contributed by atoms with Crippen LogP contribution in [-0.2, 0) is 16.8 Å². The van der Waals surface area contributed by atoms with Crippen LogP contribution in [0.5, 0.6) is 0 Å². The molecule has 5 rings (SSSR count). The number of nitrogens with zero attached hydrogens (tertiary/aromatic N) is 3. The molecule has 1 aromatic heterocycles. The summed E-state index contributed by atoms with van der Waals surface area (Å²) in [6, 6.07) is 19.9. The highest BCUT2D eigenvalue weighted by Gasteiger charge is 2.27. The monoisotopic (exact) mass is 605 g/mol. The van der Waals surface area contributed by atoms with Gasteiger partial charge in [0.05, 0.1) is 17.5 Å². The molecule has 0 radical (unpaired) electrons. The summed E-state index contributed by atoms with van der Waals surface area (Å²) in [5.41, 5.74) is 3.62. The number of carbonyl (C=O) groups is 2. The van der Waals surface area contributed by atoms with Gasteiger partial charge in [0.25, 0.3) is 5.91 Å². The molecule has 1 aliphatic rings. The van der Waals surface area contributed by atoms with Crippen LogP contribution in [0.2, 0.25) is 10.0 Å². The second kappa shape index (κ2) is 12.7. The average Bonchev–Trinajstić information content (AvgIpc) is 3.41. The van der Waals surface area contributed by atoms with Crippen molar-refractivity contribution in [2.75, 3.05) is 23.7 Å². The molecule has 1 saturated heterocycles. The van der Waals surface area contributed by atoms with Crippen molar-refractivity contribution in [2.24, 2.45) is 5.92 Å². The van der Waals surface area contributed by atoms with Gasteiger partial charge in [-0.15, -0.1) is 0 Å². The number of likely N-dealkylation sites (tertiary alicyclic amines) is 1. The summed E-state index contributed by atoms with van der Waals surface area (Å²) in [5.74, 6) is 0.372. The summed E-state index contributed by atoms with van der Waals surface area (Å²) in [6.07, 6.45) is 1.64. The maximum absolute atomic E-state index is 13.2. The van der Waals surface area contributed by atoms with Crippen LogP contribution in [0.25, 0.3) is 11.4 Å². The fourth-order valence-electron chi connectivity index (χ4n) is 4.95. The molecule has 8 nitrogen and oxygen atoms in total. The molecule has 2 amide bonds. The fourth-order valence-corrected chi connectivity index (χ4v) is 5.44. The van der Waals surface area contributed by atoms with E-state index in [1.54, 1.807) is 36.4 Å². The number of carbonyl (C=O) groups excluding carboxylic acids is 2. The smallest absolute Gasteiger partial charge is 0.255 e. The van der Waals surface area contributed by atoms with E-state index >= 15 is 0 Å². The summed E-state index contributed by atoms with van der Waals surface area (Å²) in [7, 11) is 0. The van der Waals surface area contributed by atoms with Crippen molar-refractivity contribution < 1.29 is 14.1 Å². The van der Waals surface area contributed by atoms with E-state index in [1.165, 1.54) is 0 Å². The minimum Gasteiger partial charge on any atom is -0.338 e. The first-order chi connectivity index (χ1) is 20.0. The van der Waals surface area contributed by atoms with E-state index in [9.17, 15) is 9.59 Å². The van der Waals surface area contributed by atoms with E-state index < -0.39 is 0 Å². The van der Waals surface area contributed by atoms with Crippen LogP contribution in [-0.4, -0.2) is 39.9 Å². The highest BCUT2D eigenvalue weighted by molar-refractivity contribution is 6.36. The van der Waals surface area contributed by atoms with Gasteiger partial charge in [-0.3, -0.25) is 14.5 Å². The predicted molar refractivity (Wildman–Crippen MR) is 166 cm³/mol. The molecule has 10 heteroatoms. The highest BCUT2D eigenvalue weighted by atomic mass is 35.5. The summed E-state index contributed by atoms with van der Waals surface area (Å²) < 4.78 is 5.47. The molecule has 0 spiro atoms. The van der Waals surface area contributed by atoms with E-state index in [-0.39, 0.29) is 23.1 Å². The van der Waals surface area contributed by atoms with Crippen LogP contribution < -0.4 is 10.6 Å². The zero-order valence-corrected chi connectivity index (χ0v) is 25.3. The number of anilines is 2. The second-order valence-electron chi connectivity index (χ2n) is 11.6. The molecule has 2 heterocycles. The maximum Gasteiger partial charge on any atom is 0.255 e. The highest BCUT2D eigenvalue weighted by Crippen LogP contribution is 2.29. The molecule has 4 aromatic rings.